The van der Waals surface area contributed by atoms with Crippen LogP contribution in [0.1, 0.15) is 63.8 Å². The molecule has 292 valence electrons. The molecule has 3 unspecified atom stereocenters. The Morgan fingerprint density at radius 2 is 0.852 bits per heavy atom. The summed E-state index contributed by atoms with van der Waals surface area (Å²) in [4.78, 5) is 0. The quantitative estimate of drug-likeness (QED) is 0.0823. The molecule has 4 aromatic carbocycles. The predicted molar refractivity (Wildman–Crippen MR) is 244 cm³/mol. The molecule has 0 spiro atoms. The van der Waals surface area contributed by atoms with Crippen molar-refractivity contribution in [1.29, 1.82) is 0 Å². The highest BCUT2D eigenvalue weighted by Gasteiger charge is 2.30. The average Bonchev–Trinajstić information content (AvgIpc) is 3.92. The van der Waals surface area contributed by atoms with E-state index in [0.717, 1.165) is 81.9 Å². The molecule has 0 bridgehead atoms. The molecule has 1 fully saturated rings. The van der Waals surface area contributed by atoms with Crippen LogP contribution in [-0.4, -0.2) is 45.9 Å². The maximum atomic E-state index is 6.36. The van der Waals surface area contributed by atoms with Crippen LogP contribution in [0.5, 0.6) is 23.0 Å². The Balaban J connectivity index is 1.23. The number of halogens is 8. The molecule has 54 heavy (non-hydrogen) atoms. The lowest BCUT2D eigenvalue weighted by Gasteiger charge is -2.29. The number of epoxide rings is 1. The lowest BCUT2D eigenvalue weighted by molar-refractivity contribution is -0.0392. The van der Waals surface area contributed by atoms with Gasteiger partial charge in [0.1, 0.15) is 30.0 Å². The Labute approximate surface area is 385 Å². The summed E-state index contributed by atoms with van der Waals surface area (Å²) < 4.78 is 42.1. The van der Waals surface area contributed by atoms with Crippen molar-refractivity contribution in [2.24, 2.45) is 5.92 Å². The van der Waals surface area contributed by atoms with Gasteiger partial charge in [-0.15, -0.1) is 0 Å². The van der Waals surface area contributed by atoms with E-state index in [1.54, 1.807) is 7.11 Å². The fraction of sp³-hybridized carbons (Fsp3) is 0.400. The van der Waals surface area contributed by atoms with E-state index >= 15 is 0 Å². The first-order valence-electron chi connectivity index (χ1n) is 17.0. The summed E-state index contributed by atoms with van der Waals surface area (Å²) in [5.74, 6) is 3.05. The van der Waals surface area contributed by atoms with Crippen molar-refractivity contribution in [3.63, 3.8) is 0 Å². The molecule has 0 amide bonds. The van der Waals surface area contributed by atoms with Crippen LogP contribution in [0.4, 0.5) is 0 Å². The van der Waals surface area contributed by atoms with Gasteiger partial charge < -0.3 is 28.4 Å². The summed E-state index contributed by atoms with van der Waals surface area (Å²) >= 11 is 30.0. The molecule has 5 rings (SSSR count). The number of hydrogen-bond donors (Lipinski definition) is 0. The van der Waals surface area contributed by atoms with Crippen LogP contribution < -0.4 is 18.9 Å². The van der Waals surface area contributed by atoms with Crippen LogP contribution in [0.3, 0.4) is 0 Å². The van der Waals surface area contributed by atoms with Gasteiger partial charge in [-0.25, -0.2) is 0 Å². The molecule has 1 aliphatic heterocycles. The van der Waals surface area contributed by atoms with Crippen LogP contribution in [-0.2, 0) is 20.3 Å². The van der Waals surface area contributed by atoms with E-state index in [9.17, 15) is 0 Å². The summed E-state index contributed by atoms with van der Waals surface area (Å²) in [6.07, 6.45) is -0.200. The molecular weight excluding hydrogens is 1220 g/mol. The van der Waals surface area contributed by atoms with Gasteiger partial charge in [-0.2, -0.15) is 0 Å². The van der Waals surface area contributed by atoms with Crippen molar-refractivity contribution in [2.45, 2.75) is 64.8 Å². The molecule has 1 saturated heterocycles. The van der Waals surface area contributed by atoms with Crippen LogP contribution in [0, 0.1) is 5.92 Å². The summed E-state index contributed by atoms with van der Waals surface area (Å²) in [6, 6.07) is 16.9. The van der Waals surface area contributed by atoms with Crippen molar-refractivity contribution in [3.05, 3.63) is 107 Å². The third-order valence-corrected chi connectivity index (χ3v) is 14.0. The second kappa shape index (κ2) is 18.8. The smallest absolute Gasteiger partial charge is 0.196 e. The number of hydrogen-bond acceptors (Lipinski definition) is 6. The summed E-state index contributed by atoms with van der Waals surface area (Å²) in [6.45, 7) is 14.9. The number of benzene rings is 4. The molecular formula is C40H40Br8O6. The van der Waals surface area contributed by atoms with Crippen LogP contribution >= 0.6 is 127 Å². The van der Waals surface area contributed by atoms with Crippen molar-refractivity contribution in [2.75, 3.05) is 33.5 Å². The number of rotatable bonds is 16. The molecule has 4 aromatic rings. The molecule has 0 aliphatic carbocycles. The molecule has 0 radical (unpaired) electrons. The minimum atomic E-state index is -0.381. The first kappa shape index (κ1) is 44.9. The van der Waals surface area contributed by atoms with Crippen molar-refractivity contribution < 1.29 is 28.4 Å². The van der Waals surface area contributed by atoms with E-state index < -0.39 is 0 Å². The Bertz CT molecular complexity index is 1910. The highest BCUT2D eigenvalue weighted by molar-refractivity contribution is 9.12. The van der Waals surface area contributed by atoms with Crippen LogP contribution in [0.25, 0.3) is 0 Å². The van der Waals surface area contributed by atoms with E-state index in [0.29, 0.717) is 25.6 Å². The van der Waals surface area contributed by atoms with Crippen LogP contribution in [0.15, 0.2) is 84.3 Å². The molecule has 1 heterocycles. The molecule has 6 nitrogen and oxygen atoms in total. The first-order chi connectivity index (χ1) is 25.3. The summed E-state index contributed by atoms with van der Waals surface area (Å²) in [7, 11) is 1.62. The lowest BCUT2D eigenvalue weighted by atomic mass is 9.78. The summed E-state index contributed by atoms with van der Waals surface area (Å²) in [5.41, 5.74) is 3.79. The van der Waals surface area contributed by atoms with Gasteiger partial charge in [0.05, 0.1) is 55.6 Å². The lowest BCUT2D eigenvalue weighted by Crippen LogP contribution is -2.21. The Morgan fingerprint density at radius 3 is 1.15 bits per heavy atom. The zero-order chi connectivity index (χ0) is 39.7. The largest absolute Gasteiger partial charge is 0.491 e. The molecule has 3 atom stereocenters. The van der Waals surface area contributed by atoms with Gasteiger partial charge in [0.25, 0.3) is 0 Å². The highest BCUT2D eigenvalue weighted by atomic mass is 79.9. The van der Waals surface area contributed by atoms with Gasteiger partial charge in [-0.05, 0) is 205 Å². The minimum Gasteiger partial charge on any atom is -0.491 e. The molecule has 14 heteroatoms. The van der Waals surface area contributed by atoms with Gasteiger partial charge >= 0.3 is 0 Å². The fourth-order valence-electron chi connectivity index (χ4n) is 5.60. The summed E-state index contributed by atoms with van der Waals surface area (Å²) in [5, 5.41) is 0. The van der Waals surface area contributed by atoms with Gasteiger partial charge in [0, 0.05) is 23.9 Å². The number of methoxy groups -OCH3 is 1. The average molecular weight is 1260 g/mol. The van der Waals surface area contributed by atoms with Crippen molar-refractivity contribution >= 4 is 127 Å². The van der Waals surface area contributed by atoms with Crippen molar-refractivity contribution in [3.8, 4) is 23.0 Å². The first-order valence-corrected chi connectivity index (χ1v) is 23.3. The maximum Gasteiger partial charge on any atom is 0.196 e. The van der Waals surface area contributed by atoms with E-state index in [1.807, 2.05) is 6.92 Å². The minimum absolute atomic E-state index is 0.0907. The predicted octanol–water partition coefficient (Wildman–Crippen LogP) is 14.7. The van der Waals surface area contributed by atoms with Crippen LogP contribution in [0.2, 0.25) is 0 Å². The Morgan fingerprint density at radius 1 is 0.556 bits per heavy atom. The molecule has 1 aliphatic rings. The van der Waals surface area contributed by atoms with Gasteiger partial charge in [0.15, 0.2) is 12.0 Å². The second-order valence-corrected chi connectivity index (χ2v) is 21.1. The Kier molecular flexibility index (Phi) is 15.7. The number of ether oxygens (including phenoxy) is 6. The Hall–Kier alpha value is -0.160. The normalized spacial score (nSPS) is 15.5. The van der Waals surface area contributed by atoms with Gasteiger partial charge in [-0.1, -0.05) is 34.6 Å². The third-order valence-electron chi connectivity index (χ3n) is 9.34. The highest BCUT2D eigenvalue weighted by Crippen LogP contribution is 2.46. The van der Waals surface area contributed by atoms with Gasteiger partial charge in [0.2, 0.25) is 0 Å². The zero-order valence-electron chi connectivity index (χ0n) is 30.7. The molecule has 0 saturated carbocycles. The second-order valence-electron chi connectivity index (χ2n) is 14.2. The zero-order valence-corrected chi connectivity index (χ0v) is 43.3. The topological polar surface area (TPSA) is 58.7 Å². The molecule has 0 aromatic heterocycles. The maximum absolute atomic E-state index is 6.36. The standard InChI is InChI=1S/C40H40Br8O6/c1-20(17-52-36-29(43)10-23(11-30(36)44)40(5,6)25-14-33(47)38(34(48)15-25)54-21(2)49-7)16-51-35-27(41)8-22(9-28(35)42)39(3,4)24-12-31(45)37(32(46)13-24)53-19-26-18-50-26/h8-15,20-21,26H,16-19H2,1-7H3. The van der Waals surface area contributed by atoms with Crippen molar-refractivity contribution in [1.82, 2.24) is 0 Å². The van der Waals surface area contributed by atoms with E-state index in [4.69, 9.17) is 28.4 Å². The van der Waals surface area contributed by atoms with E-state index in [1.165, 1.54) is 0 Å². The molecule has 0 N–H and O–H groups in total. The fourth-order valence-corrected chi connectivity index (χ4v) is 11.2. The van der Waals surface area contributed by atoms with Gasteiger partial charge in [-0.3, -0.25) is 0 Å². The third kappa shape index (κ3) is 10.7. The van der Waals surface area contributed by atoms with E-state index in [2.05, 4.69) is 211 Å². The SMILES string of the molecule is COC(C)Oc1c(Br)cc(C(C)(C)c2cc(Br)c(OCC(C)COc3c(Br)cc(C(C)(C)c4cc(Br)c(OCC5CO5)c(Br)c4)cc3Br)c(Br)c2)cc1Br. The van der Waals surface area contributed by atoms with E-state index in [-0.39, 0.29) is 29.1 Å². The monoisotopic (exact) mass is 1250 g/mol.